The molecule has 1 unspecified atom stereocenters. The van der Waals surface area contributed by atoms with Crippen LogP contribution in [-0.2, 0) is 13.6 Å². The molecular weight excluding hydrogens is 411 g/mol. The molecule has 1 aromatic carbocycles. The van der Waals surface area contributed by atoms with E-state index >= 15 is 0 Å². The molecule has 4 aromatic rings. The van der Waals surface area contributed by atoms with Gasteiger partial charge in [-0.3, -0.25) is 14.0 Å². The minimum absolute atomic E-state index is 0.0918. The van der Waals surface area contributed by atoms with E-state index in [9.17, 15) is 18.0 Å². The Morgan fingerprint density at radius 2 is 1.97 bits per heavy atom. The number of alkyl halides is 3. The maximum atomic E-state index is 13.4. The minimum atomic E-state index is -4.56. The second kappa shape index (κ2) is 7.03. The van der Waals surface area contributed by atoms with Crippen molar-refractivity contribution in [3.63, 3.8) is 0 Å². The monoisotopic (exact) mass is 429 g/mol. The number of benzene rings is 1. The largest absolute Gasteiger partial charge is 0.406 e. The lowest BCUT2D eigenvalue weighted by Crippen LogP contribution is -2.36. The standard InChI is InChI=1S/C20H18F3N7O/c1-28-16-13(9-26-28)17(25-11-24-16)29-8-4-7-15(29)18-27-14-6-3-2-5-12(14)19(31)30(18)10-20(21,22)23/h2-3,5-6,9,11,15H,4,7-8,10H2,1H3. The zero-order valence-corrected chi connectivity index (χ0v) is 16.5. The molecule has 3 aromatic heterocycles. The highest BCUT2D eigenvalue weighted by molar-refractivity contribution is 5.87. The van der Waals surface area contributed by atoms with E-state index in [4.69, 9.17) is 0 Å². The number of rotatable bonds is 3. The second-order valence-electron chi connectivity index (χ2n) is 7.55. The molecule has 0 spiro atoms. The molecule has 1 aliphatic rings. The zero-order chi connectivity index (χ0) is 21.8. The Balaban J connectivity index is 1.70. The van der Waals surface area contributed by atoms with E-state index in [-0.39, 0.29) is 11.2 Å². The van der Waals surface area contributed by atoms with Crippen molar-refractivity contribution in [3.05, 3.63) is 53.0 Å². The van der Waals surface area contributed by atoms with Gasteiger partial charge in [0.1, 0.15) is 24.5 Å². The number of halogens is 3. The van der Waals surface area contributed by atoms with Crippen LogP contribution in [0, 0.1) is 0 Å². The van der Waals surface area contributed by atoms with Gasteiger partial charge in [-0.25, -0.2) is 15.0 Å². The number of fused-ring (bicyclic) bond motifs is 2. The summed E-state index contributed by atoms with van der Waals surface area (Å²) in [6, 6.07) is 5.93. The predicted octanol–water partition coefficient (Wildman–Crippen LogP) is 2.98. The molecule has 1 fully saturated rings. The van der Waals surface area contributed by atoms with Crippen LogP contribution in [0.1, 0.15) is 24.7 Å². The Morgan fingerprint density at radius 1 is 1.16 bits per heavy atom. The van der Waals surface area contributed by atoms with Gasteiger partial charge >= 0.3 is 6.18 Å². The molecule has 0 saturated carbocycles. The Bertz CT molecular complexity index is 1340. The van der Waals surface area contributed by atoms with Crippen molar-refractivity contribution in [1.82, 2.24) is 29.3 Å². The summed E-state index contributed by atoms with van der Waals surface area (Å²) in [7, 11) is 1.76. The number of para-hydroxylation sites is 1. The lowest BCUT2D eigenvalue weighted by atomic mass is 10.1. The summed E-state index contributed by atoms with van der Waals surface area (Å²) < 4.78 is 42.5. The third-order valence-electron chi connectivity index (χ3n) is 5.56. The maximum Gasteiger partial charge on any atom is 0.406 e. The van der Waals surface area contributed by atoms with Gasteiger partial charge in [0, 0.05) is 13.6 Å². The number of nitrogens with zero attached hydrogens (tertiary/aromatic N) is 7. The van der Waals surface area contributed by atoms with Crippen molar-refractivity contribution in [2.75, 3.05) is 11.4 Å². The van der Waals surface area contributed by atoms with Crippen molar-refractivity contribution in [2.45, 2.75) is 31.6 Å². The highest BCUT2D eigenvalue weighted by Crippen LogP contribution is 2.37. The Hall–Kier alpha value is -3.50. The summed E-state index contributed by atoms with van der Waals surface area (Å²) in [5.74, 6) is 0.663. The molecule has 11 heteroatoms. The summed E-state index contributed by atoms with van der Waals surface area (Å²) in [4.78, 5) is 28.1. The average molecular weight is 429 g/mol. The van der Waals surface area contributed by atoms with Crippen LogP contribution in [0.3, 0.4) is 0 Å². The van der Waals surface area contributed by atoms with E-state index in [0.717, 1.165) is 11.0 Å². The van der Waals surface area contributed by atoms with Crippen LogP contribution in [0.5, 0.6) is 0 Å². The van der Waals surface area contributed by atoms with E-state index in [1.54, 1.807) is 36.1 Å². The quantitative estimate of drug-likeness (QED) is 0.498. The molecule has 1 saturated heterocycles. The smallest absolute Gasteiger partial charge is 0.346 e. The fourth-order valence-electron chi connectivity index (χ4n) is 4.24. The van der Waals surface area contributed by atoms with Gasteiger partial charge in [0.05, 0.1) is 28.5 Å². The normalized spacial score (nSPS) is 17.2. The second-order valence-corrected chi connectivity index (χ2v) is 7.55. The first-order valence-corrected chi connectivity index (χ1v) is 9.79. The fourth-order valence-corrected chi connectivity index (χ4v) is 4.24. The van der Waals surface area contributed by atoms with Gasteiger partial charge in [-0.2, -0.15) is 18.3 Å². The first-order chi connectivity index (χ1) is 14.8. The molecule has 8 nitrogen and oxygen atoms in total. The number of anilines is 1. The SMILES string of the molecule is Cn1ncc2c(N3CCCC3c3nc4ccccc4c(=O)n3CC(F)(F)F)ncnc21. The summed E-state index contributed by atoms with van der Waals surface area (Å²) in [5.41, 5.74) is 0.302. The number of aromatic nitrogens is 6. The molecule has 0 amide bonds. The fraction of sp³-hybridized carbons (Fsp3) is 0.350. The Labute approximate surface area is 174 Å². The van der Waals surface area contributed by atoms with Crippen LogP contribution < -0.4 is 10.5 Å². The number of aryl methyl sites for hydroxylation is 1. The van der Waals surface area contributed by atoms with Gasteiger partial charge in [0.2, 0.25) is 0 Å². The zero-order valence-electron chi connectivity index (χ0n) is 16.5. The summed E-state index contributed by atoms with van der Waals surface area (Å²) in [5, 5.41) is 5.07. The van der Waals surface area contributed by atoms with Gasteiger partial charge in [0.15, 0.2) is 5.65 Å². The van der Waals surface area contributed by atoms with Crippen molar-refractivity contribution in [3.8, 4) is 0 Å². The highest BCUT2D eigenvalue weighted by atomic mass is 19.4. The molecule has 5 rings (SSSR count). The highest BCUT2D eigenvalue weighted by Gasteiger charge is 2.36. The third-order valence-corrected chi connectivity index (χ3v) is 5.56. The van der Waals surface area contributed by atoms with Crippen LogP contribution in [0.2, 0.25) is 0 Å². The van der Waals surface area contributed by atoms with Crippen LogP contribution >= 0.6 is 0 Å². The summed E-state index contributed by atoms with van der Waals surface area (Å²) >= 11 is 0. The van der Waals surface area contributed by atoms with E-state index < -0.39 is 24.3 Å². The minimum Gasteiger partial charge on any atom is -0.346 e. The molecular formula is C20H18F3N7O. The number of hydrogen-bond acceptors (Lipinski definition) is 6. The predicted molar refractivity (Wildman–Crippen MR) is 108 cm³/mol. The van der Waals surface area contributed by atoms with Crippen LogP contribution in [0.25, 0.3) is 21.9 Å². The van der Waals surface area contributed by atoms with E-state index in [0.29, 0.717) is 35.3 Å². The average Bonchev–Trinajstić information content (AvgIpc) is 3.36. The molecule has 1 aliphatic heterocycles. The lowest BCUT2D eigenvalue weighted by molar-refractivity contribution is -0.141. The van der Waals surface area contributed by atoms with E-state index in [1.165, 1.54) is 12.4 Å². The maximum absolute atomic E-state index is 13.4. The summed E-state index contributed by atoms with van der Waals surface area (Å²) in [6.07, 6.45) is -0.237. The van der Waals surface area contributed by atoms with Gasteiger partial charge in [-0.1, -0.05) is 12.1 Å². The lowest BCUT2D eigenvalue weighted by Gasteiger charge is -2.28. The van der Waals surface area contributed by atoms with Gasteiger partial charge in [0.25, 0.3) is 5.56 Å². The number of hydrogen-bond donors (Lipinski definition) is 0. The van der Waals surface area contributed by atoms with Gasteiger partial charge in [-0.05, 0) is 25.0 Å². The molecule has 4 heterocycles. The first kappa shape index (κ1) is 19.5. The molecule has 0 N–H and O–H groups in total. The Morgan fingerprint density at radius 3 is 2.77 bits per heavy atom. The molecule has 160 valence electrons. The summed E-state index contributed by atoms with van der Waals surface area (Å²) in [6.45, 7) is -0.824. The topological polar surface area (TPSA) is 81.7 Å². The van der Waals surface area contributed by atoms with Crippen molar-refractivity contribution in [1.29, 1.82) is 0 Å². The van der Waals surface area contributed by atoms with Crippen molar-refractivity contribution in [2.24, 2.45) is 7.05 Å². The van der Waals surface area contributed by atoms with Gasteiger partial charge < -0.3 is 4.90 Å². The molecule has 31 heavy (non-hydrogen) atoms. The third kappa shape index (κ3) is 3.29. The van der Waals surface area contributed by atoms with Crippen LogP contribution in [0.15, 0.2) is 41.6 Å². The van der Waals surface area contributed by atoms with E-state index in [2.05, 4.69) is 20.1 Å². The molecule has 0 bridgehead atoms. The van der Waals surface area contributed by atoms with E-state index in [1.807, 2.05) is 4.90 Å². The Kier molecular flexibility index (Phi) is 4.42. The molecule has 0 radical (unpaired) electrons. The molecule has 1 atom stereocenters. The first-order valence-electron chi connectivity index (χ1n) is 9.79. The molecule has 0 aliphatic carbocycles. The van der Waals surface area contributed by atoms with Gasteiger partial charge in [-0.15, -0.1) is 0 Å². The van der Waals surface area contributed by atoms with Crippen LogP contribution in [0.4, 0.5) is 19.0 Å². The van der Waals surface area contributed by atoms with Crippen molar-refractivity contribution >= 4 is 27.8 Å². The van der Waals surface area contributed by atoms with Crippen molar-refractivity contribution < 1.29 is 13.2 Å². The van der Waals surface area contributed by atoms with Crippen LogP contribution in [-0.4, -0.2) is 42.0 Å².